The molecule has 0 saturated heterocycles. The molecule has 2 N–H and O–H groups in total. The van der Waals surface area contributed by atoms with Gasteiger partial charge < -0.3 is 10.4 Å². The Morgan fingerprint density at radius 1 is 1.50 bits per heavy atom. The highest BCUT2D eigenvalue weighted by Crippen LogP contribution is 2.00. The van der Waals surface area contributed by atoms with Gasteiger partial charge in [-0.3, -0.25) is 4.79 Å². The van der Waals surface area contributed by atoms with Gasteiger partial charge in [0.05, 0.1) is 6.61 Å². The van der Waals surface area contributed by atoms with Gasteiger partial charge in [-0.2, -0.15) is 0 Å². The summed E-state index contributed by atoms with van der Waals surface area (Å²) in [5.74, 6) is -0.206. The fourth-order valence-corrected chi connectivity index (χ4v) is 0.608. The van der Waals surface area contributed by atoms with Crippen LogP contribution in [0.15, 0.2) is 11.1 Å². The summed E-state index contributed by atoms with van der Waals surface area (Å²) in [5, 5.41) is 11.1. The number of amides is 1. The lowest BCUT2D eigenvalue weighted by molar-refractivity contribution is -0.117. The van der Waals surface area contributed by atoms with Gasteiger partial charge in [-0.25, -0.2) is 0 Å². The molecule has 0 aliphatic carbocycles. The Morgan fingerprint density at radius 3 is 2.10 bits per heavy atom. The van der Waals surface area contributed by atoms with E-state index in [0.29, 0.717) is 5.57 Å². The Labute approximate surface area is 60.7 Å². The summed E-state index contributed by atoms with van der Waals surface area (Å²) in [5.41, 5.74) is 1.30. The molecule has 10 heavy (non-hydrogen) atoms. The van der Waals surface area contributed by atoms with E-state index >= 15 is 0 Å². The van der Waals surface area contributed by atoms with Crippen LogP contribution >= 0.6 is 0 Å². The van der Waals surface area contributed by atoms with Gasteiger partial charge in [-0.15, -0.1) is 0 Å². The highest BCUT2D eigenvalue weighted by molar-refractivity contribution is 5.94. The van der Waals surface area contributed by atoms with Crippen LogP contribution in [0.2, 0.25) is 0 Å². The average molecular weight is 143 g/mol. The van der Waals surface area contributed by atoms with Gasteiger partial charge in [-0.1, -0.05) is 5.57 Å². The third-order valence-corrected chi connectivity index (χ3v) is 1.26. The lowest BCUT2D eigenvalue weighted by Gasteiger charge is -2.03. The smallest absolute Gasteiger partial charge is 0.249 e. The predicted octanol–water partition coefficient (Wildman–Crippen LogP) is 0.0611. The Balaban J connectivity index is 4.37. The quantitative estimate of drug-likeness (QED) is 0.537. The number of hydrogen-bond acceptors (Lipinski definition) is 2. The van der Waals surface area contributed by atoms with E-state index in [1.165, 1.54) is 0 Å². The highest BCUT2D eigenvalue weighted by atomic mass is 16.3. The van der Waals surface area contributed by atoms with Crippen molar-refractivity contribution in [3.63, 3.8) is 0 Å². The van der Waals surface area contributed by atoms with E-state index in [9.17, 15) is 4.79 Å². The maximum Gasteiger partial charge on any atom is 0.249 e. The van der Waals surface area contributed by atoms with Crippen LogP contribution in [-0.4, -0.2) is 24.7 Å². The molecule has 58 valence electrons. The van der Waals surface area contributed by atoms with E-state index in [0.717, 1.165) is 5.57 Å². The molecule has 0 fully saturated rings. The first-order chi connectivity index (χ1) is 4.63. The summed E-state index contributed by atoms with van der Waals surface area (Å²) < 4.78 is 0. The monoisotopic (exact) mass is 143 g/mol. The molecular formula is C7H13NO2. The van der Waals surface area contributed by atoms with E-state index in [2.05, 4.69) is 5.32 Å². The molecule has 0 aliphatic rings. The van der Waals surface area contributed by atoms with Crippen molar-refractivity contribution in [2.24, 2.45) is 0 Å². The van der Waals surface area contributed by atoms with Crippen LogP contribution in [0, 0.1) is 0 Å². The van der Waals surface area contributed by atoms with Crippen molar-refractivity contribution in [2.45, 2.75) is 13.8 Å². The SMILES string of the molecule is CNC(=O)C(CO)=C(C)C. The summed E-state index contributed by atoms with van der Waals surface area (Å²) in [6.07, 6.45) is 0. The standard InChI is InChI=1S/C7H13NO2/c1-5(2)6(4-9)7(10)8-3/h9H,4H2,1-3H3,(H,8,10). The molecule has 0 unspecified atom stereocenters. The number of carbonyl (C=O) groups is 1. The lowest BCUT2D eigenvalue weighted by Crippen LogP contribution is -2.22. The van der Waals surface area contributed by atoms with Crippen LogP contribution in [0.4, 0.5) is 0 Å². The molecule has 0 aromatic rings. The van der Waals surface area contributed by atoms with Gasteiger partial charge in [0, 0.05) is 12.6 Å². The van der Waals surface area contributed by atoms with Gasteiger partial charge in [0.1, 0.15) is 0 Å². The van der Waals surface area contributed by atoms with Gasteiger partial charge in [0.2, 0.25) is 5.91 Å². The molecule has 0 heterocycles. The lowest BCUT2D eigenvalue weighted by atomic mass is 10.1. The van der Waals surface area contributed by atoms with Crippen molar-refractivity contribution in [2.75, 3.05) is 13.7 Å². The zero-order chi connectivity index (χ0) is 8.15. The van der Waals surface area contributed by atoms with E-state index in [1.807, 2.05) is 0 Å². The van der Waals surface area contributed by atoms with Crippen LogP contribution in [-0.2, 0) is 4.79 Å². The van der Waals surface area contributed by atoms with Crippen LogP contribution in [0.1, 0.15) is 13.8 Å². The number of allylic oxidation sites excluding steroid dienone is 1. The van der Waals surface area contributed by atoms with Gasteiger partial charge >= 0.3 is 0 Å². The Hall–Kier alpha value is -0.830. The van der Waals surface area contributed by atoms with Crippen molar-refractivity contribution >= 4 is 5.91 Å². The second kappa shape index (κ2) is 4.06. The molecule has 3 nitrogen and oxygen atoms in total. The first kappa shape index (κ1) is 9.17. The number of aliphatic hydroxyl groups excluding tert-OH is 1. The van der Waals surface area contributed by atoms with Gasteiger partial charge in [0.15, 0.2) is 0 Å². The van der Waals surface area contributed by atoms with Crippen molar-refractivity contribution in [1.82, 2.24) is 5.32 Å². The Kier molecular flexibility index (Phi) is 3.72. The van der Waals surface area contributed by atoms with Gasteiger partial charge in [-0.05, 0) is 13.8 Å². The van der Waals surface area contributed by atoms with Crippen molar-refractivity contribution in [1.29, 1.82) is 0 Å². The maximum atomic E-state index is 10.9. The van der Waals surface area contributed by atoms with Crippen LogP contribution in [0.5, 0.6) is 0 Å². The molecule has 3 heteroatoms. The van der Waals surface area contributed by atoms with E-state index < -0.39 is 0 Å². The minimum Gasteiger partial charge on any atom is -0.391 e. The topological polar surface area (TPSA) is 49.3 Å². The first-order valence-electron chi connectivity index (χ1n) is 3.12. The summed E-state index contributed by atoms with van der Waals surface area (Å²) >= 11 is 0. The second-order valence-corrected chi connectivity index (χ2v) is 2.22. The summed E-state index contributed by atoms with van der Waals surface area (Å²) in [6.45, 7) is 3.39. The average Bonchev–Trinajstić information content (AvgIpc) is 1.88. The summed E-state index contributed by atoms with van der Waals surface area (Å²) in [6, 6.07) is 0. The zero-order valence-corrected chi connectivity index (χ0v) is 6.56. The Bertz CT molecular complexity index is 157. The van der Waals surface area contributed by atoms with E-state index in [1.54, 1.807) is 20.9 Å². The number of nitrogens with one attached hydrogen (secondary N) is 1. The zero-order valence-electron chi connectivity index (χ0n) is 6.56. The summed E-state index contributed by atoms with van der Waals surface area (Å²) in [7, 11) is 1.54. The molecule has 0 saturated carbocycles. The molecule has 0 aliphatic heterocycles. The molecule has 0 radical (unpaired) electrons. The van der Waals surface area contributed by atoms with Gasteiger partial charge in [0.25, 0.3) is 0 Å². The third-order valence-electron chi connectivity index (χ3n) is 1.26. The molecule has 0 rings (SSSR count). The van der Waals surface area contributed by atoms with Crippen LogP contribution < -0.4 is 5.32 Å². The fraction of sp³-hybridized carbons (Fsp3) is 0.571. The largest absolute Gasteiger partial charge is 0.391 e. The normalized spacial score (nSPS) is 8.80. The van der Waals surface area contributed by atoms with Crippen molar-refractivity contribution in [3.05, 3.63) is 11.1 Å². The molecular weight excluding hydrogens is 130 g/mol. The molecule has 0 aromatic heterocycles. The third kappa shape index (κ3) is 2.19. The summed E-state index contributed by atoms with van der Waals surface area (Å²) in [4.78, 5) is 10.9. The molecule has 0 atom stereocenters. The molecule has 0 aromatic carbocycles. The predicted molar refractivity (Wildman–Crippen MR) is 39.5 cm³/mol. The van der Waals surface area contributed by atoms with E-state index in [4.69, 9.17) is 5.11 Å². The molecule has 0 bridgehead atoms. The number of rotatable bonds is 2. The van der Waals surface area contributed by atoms with Crippen LogP contribution in [0.3, 0.4) is 0 Å². The minimum atomic E-state index is -0.206. The minimum absolute atomic E-state index is 0.192. The number of carbonyl (C=O) groups excluding carboxylic acids is 1. The maximum absolute atomic E-state index is 10.9. The Morgan fingerprint density at radius 2 is 2.00 bits per heavy atom. The molecule has 1 amide bonds. The number of aliphatic hydroxyl groups is 1. The fourth-order valence-electron chi connectivity index (χ4n) is 0.608. The van der Waals surface area contributed by atoms with Crippen molar-refractivity contribution in [3.8, 4) is 0 Å². The number of hydrogen-bond donors (Lipinski definition) is 2. The second-order valence-electron chi connectivity index (χ2n) is 2.22. The van der Waals surface area contributed by atoms with Crippen molar-refractivity contribution < 1.29 is 9.90 Å². The first-order valence-corrected chi connectivity index (χ1v) is 3.12. The van der Waals surface area contributed by atoms with E-state index in [-0.39, 0.29) is 12.5 Å². The number of likely N-dealkylation sites (N-methyl/N-ethyl adjacent to an activating group) is 1. The highest BCUT2D eigenvalue weighted by Gasteiger charge is 2.05. The molecule has 0 spiro atoms. The van der Waals surface area contributed by atoms with Crippen LogP contribution in [0.25, 0.3) is 0 Å².